The van der Waals surface area contributed by atoms with Crippen LogP contribution in [0.25, 0.3) is 0 Å². The molecule has 0 unspecified atom stereocenters. The Bertz CT molecular complexity index is 921. The number of hydrogen-bond donors (Lipinski definition) is 0. The number of fused-ring (bicyclic) bond motifs is 2. The molecule has 3 saturated heterocycles. The van der Waals surface area contributed by atoms with Crippen molar-refractivity contribution in [2.45, 2.75) is 70.3 Å². The van der Waals surface area contributed by atoms with Crippen LogP contribution >= 0.6 is 0 Å². The molecule has 5 aliphatic rings. The van der Waals surface area contributed by atoms with Crippen LogP contribution < -0.4 is 9.64 Å². The normalized spacial score (nSPS) is 44.5. The van der Waals surface area contributed by atoms with Crippen LogP contribution in [0.4, 0.5) is 5.69 Å². The molecule has 2 saturated carbocycles. The molecule has 6 rings (SSSR count). The first-order valence-corrected chi connectivity index (χ1v) is 12.9. The molecule has 6 nitrogen and oxygen atoms in total. The molecule has 0 N–H and O–H groups in total. The largest absolute Gasteiger partial charge is 0.497 e. The number of nitrogens with zero attached hydrogens (tertiary/aromatic N) is 2. The maximum absolute atomic E-state index is 13.1. The molecule has 0 amide bonds. The predicted molar refractivity (Wildman–Crippen MR) is 126 cm³/mol. The third kappa shape index (κ3) is 3.16. The number of esters is 1. The third-order valence-electron chi connectivity index (χ3n) is 9.76. The highest BCUT2D eigenvalue weighted by molar-refractivity contribution is 5.76. The number of piperazine rings is 1. The van der Waals surface area contributed by atoms with Crippen molar-refractivity contribution in [3.8, 4) is 5.75 Å². The molecule has 6 heteroatoms. The minimum Gasteiger partial charge on any atom is -0.497 e. The Morgan fingerprint density at radius 3 is 2.70 bits per heavy atom. The summed E-state index contributed by atoms with van der Waals surface area (Å²) in [5.41, 5.74) is 1.37. The van der Waals surface area contributed by atoms with Gasteiger partial charge in [0.1, 0.15) is 17.5 Å². The molecule has 180 valence electrons. The van der Waals surface area contributed by atoms with Gasteiger partial charge in [-0.15, -0.1) is 0 Å². The van der Waals surface area contributed by atoms with Crippen LogP contribution in [0, 0.1) is 23.2 Å². The van der Waals surface area contributed by atoms with Gasteiger partial charge in [-0.2, -0.15) is 0 Å². The van der Waals surface area contributed by atoms with Crippen molar-refractivity contribution in [2.24, 2.45) is 23.2 Å². The Kier molecular flexibility index (Phi) is 5.01. The van der Waals surface area contributed by atoms with E-state index in [1.165, 1.54) is 24.9 Å². The number of methoxy groups -OCH3 is 1. The van der Waals surface area contributed by atoms with E-state index in [0.29, 0.717) is 12.0 Å². The van der Waals surface area contributed by atoms with Crippen LogP contribution in [-0.4, -0.2) is 68.0 Å². The van der Waals surface area contributed by atoms with Gasteiger partial charge in [-0.1, -0.05) is 20.3 Å². The van der Waals surface area contributed by atoms with Gasteiger partial charge in [0.05, 0.1) is 19.1 Å². The Morgan fingerprint density at radius 1 is 1.18 bits per heavy atom. The third-order valence-corrected chi connectivity index (χ3v) is 9.76. The minimum absolute atomic E-state index is 0.00999. The predicted octanol–water partition coefficient (Wildman–Crippen LogP) is 3.73. The summed E-state index contributed by atoms with van der Waals surface area (Å²) in [6.45, 7) is 10.7. The molecular weight excluding hydrogens is 416 g/mol. The zero-order chi connectivity index (χ0) is 23.0. The molecule has 0 bridgehead atoms. The summed E-state index contributed by atoms with van der Waals surface area (Å²) < 4.78 is 18.0. The Balaban J connectivity index is 1.14. The smallest absolute Gasteiger partial charge is 0.311 e. The van der Waals surface area contributed by atoms with Crippen LogP contribution in [0.3, 0.4) is 0 Å². The first-order chi connectivity index (χ1) is 15.9. The Morgan fingerprint density at radius 2 is 1.97 bits per heavy atom. The number of rotatable bonds is 4. The minimum atomic E-state index is -0.0576. The molecule has 0 aromatic heterocycles. The second-order valence-electron chi connectivity index (χ2n) is 11.5. The summed E-state index contributed by atoms with van der Waals surface area (Å²) in [5.74, 6) is 1.64. The van der Waals surface area contributed by atoms with Crippen LogP contribution in [0.2, 0.25) is 0 Å². The Labute approximate surface area is 197 Å². The zero-order valence-electron chi connectivity index (χ0n) is 20.5. The van der Waals surface area contributed by atoms with Crippen molar-refractivity contribution in [1.82, 2.24) is 4.90 Å². The lowest BCUT2D eigenvalue weighted by atomic mass is 9.53. The number of carbonyl (C=O) groups excluding carboxylic acids is 1. The maximum Gasteiger partial charge on any atom is 0.311 e. The van der Waals surface area contributed by atoms with E-state index in [0.717, 1.165) is 38.3 Å². The van der Waals surface area contributed by atoms with E-state index in [2.05, 4.69) is 42.7 Å². The van der Waals surface area contributed by atoms with E-state index in [9.17, 15) is 4.79 Å². The van der Waals surface area contributed by atoms with Gasteiger partial charge in [0.2, 0.25) is 0 Å². The van der Waals surface area contributed by atoms with Gasteiger partial charge in [-0.05, 0) is 56.4 Å². The molecule has 3 aliphatic heterocycles. The number of hydrogen-bond acceptors (Lipinski definition) is 6. The second kappa shape index (κ2) is 7.61. The maximum atomic E-state index is 13.1. The van der Waals surface area contributed by atoms with Crippen molar-refractivity contribution >= 4 is 11.7 Å². The molecule has 1 aromatic rings. The standard InChI is InChI=1S/C27H38N2O4/c1-17-6-5-11-26(3)14-22-23(24-27(17,26)33-24)21(25(30)32-22)16-28-12-13-29(18(2)15-28)19-7-9-20(31-4)10-8-19/h7-10,17-18,21-24H,5-6,11-16H2,1-4H3/t17-,18+,21+,22+,23+,24+,26+,27+/m0/s1. The highest BCUT2D eigenvalue weighted by atomic mass is 16.6. The summed E-state index contributed by atoms with van der Waals surface area (Å²) in [6, 6.07) is 8.71. The first-order valence-electron chi connectivity index (χ1n) is 12.9. The number of carbonyl (C=O) groups is 1. The first kappa shape index (κ1) is 21.7. The van der Waals surface area contributed by atoms with E-state index < -0.39 is 0 Å². The van der Waals surface area contributed by atoms with Crippen LogP contribution in [0.15, 0.2) is 24.3 Å². The van der Waals surface area contributed by atoms with Crippen molar-refractivity contribution in [3.05, 3.63) is 24.3 Å². The fraction of sp³-hybridized carbons (Fsp3) is 0.741. The average Bonchev–Trinajstić information content (AvgIpc) is 3.48. The van der Waals surface area contributed by atoms with E-state index in [1.54, 1.807) is 7.11 Å². The van der Waals surface area contributed by atoms with Gasteiger partial charge in [-0.3, -0.25) is 9.69 Å². The molecular formula is C27H38N2O4. The summed E-state index contributed by atoms with van der Waals surface area (Å²) in [7, 11) is 1.70. The lowest BCUT2D eigenvalue weighted by molar-refractivity contribution is -0.146. The second-order valence-corrected chi connectivity index (χ2v) is 11.5. The summed E-state index contributed by atoms with van der Waals surface area (Å²) in [4.78, 5) is 18.0. The van der Waals surface area contributed by atoms with Crippen molar-refractivity contribution < 1.29 is 19.0 Å². The Hall–Kier alpha value is -1.79. The molecule has 0 radical (unpaired) electrons. The van der Waals surface area contributed by atoms with Gasteiger partial charge in [0.25, 0.3) is 0 Å². The van der Waals surface area contributed by atoms with E-state index in [4.69, 9.17) is 14.2 Å². The van der Waals surface area contributed by atoms with Gasteiger partial charge >= 0.3 is 5.97 Å². The van der Waals surface area contributed by atoms with Crippen LogP contribution in [0.1, 0.15) is 46.5 Å². The molecule has 1 spiro atoms. The number of epoxide rings is 1. The highest BCUT2D eigenvalue weighted by Gasteiger charge is 2.78. The summed E-state index contributed by atoms with van der Waals surface area (Å²) in [5, 5.41) is 0. The van der Waals surface area contributed by atoms with Crippen LogP contribution in [0.5, 0.6) is 5.75 Å². The van der Waals surface area contributed by atoms with Gasteiger partial charge < -0.3 is 19.1 Å². The van der Waals surface area contributed by atoms with E-state index in [1.807, 2.05) is 12.1 Å². The quantitative estimate of drug-likeness (QED) is 0.510. The molecule has 1 aromatic carbocycles. The lowest BCUT2D eigenvalue weighted by Crippen LogP contribution is -2.56. The van der Waals surface area contributed by atoms with Gasteiger partial charge in [-0.25, -0.2) is 0 Å². The zero-order valence-corrected chi connectivity index (χ0v) is 20.5. The molecule has 33 heavy (non-hydrogen) atoms. The van der Waals surface area contributed by atoms with Crippen molar-refractivity contribution in [2.75, 3.05) is 38.2 Å². The molecule has 2 aliphatic carbocycles. The molecule has 3 heterocycles. The topological polar surface area (TPSA) is 54.5 Å². The SMILES string of the molecule is COc1ccc(N2CCN(C[C@H]3C(=O)O[C@@H]4C[C@@]5(C)CCC[C@H](C)[C@]56O[C@@H]6[C@@H]43)C[C@H]2C)cc1. The fourth-order valence-corrected chi connectivity index (χ4v) is 8.08. The summed E-state index contributed by atoms with van der Waals surface area (Å²) in [6.07, 6.45) is 4.92. The van der Waals surface area contributed by atoms with E-state index in [-0.39, 0.29) is 41.0 Å². The molecule has 5 fully saturated rings. The van der Waals surface area contributed by atoms with Crippen LogP contribution in [-0.2, 0) is 14.3 Å². The highest BCUT2D eigenvalue weighted by Crippen LogP contribution is 2.70. The van der Waals surface area contributed by atoms with Crippen molar-refractivity contribution in [1.29, 1.82) is 0 Å². The van der Waals surface area contributed by atoms with Gasteiger partial charge in [0.15, 0.2) is 0 Å². The lowest BCUT2D eigenvalue weighted by Gasteiger charge is -2.49. The number of ether oxygens (including phenoxy) is 3. The summed E-state index contributed by atoms with van der Waals surface area (Å²) >= 11 is 0. The molecule has 8 atom stereocenters. The monoisotopic (exact) mass is 454 g/mol. The van der Waals surface area contributed by atoms with E-state index >= 15 is 0 Å². The number of anilines is 1. The average molecular weight is 455 g/mol. The number of benzene rings is 1. The fourth-order valence-electron chi connectivity index (χ4n) is 8.08. The van der Waals surface area contributed by atoms with Gasteiger partial charge in [0, 0.05) is 49.2 Å². The van der Waals surface area contributed by atoms with Crippen molar-refractivity contribution in [3.63, 3.8) is 0 Å².